The Bertz CT molecular complexity index is 968. The van der Waals surface area contributed by atoms with Crippen LogP contribution in [-0.4, -0.2) is 59.2 Å². The Morgan fingerprint density at radius 1 is 0.897 bits per heavy atom. The Morgan fingerprint density at radius 3 is 2.24 bits per heavy atom. The molecule has 0 aromatic carbocycles. The smallest absolute Gasteiger partial charge is 0.266 e. The van der Waals surface area contributed by atoms with Crippen LogP contribution < -0.4 is 5.56 Å². The molecule has 7 nitrogen and oxygen atoms in total. The molecule has 0 bridgehead atoms. The number of pyridine rings is 1. The van der Waals surface area contributed by atoms with Crippen molar-refractivity contribution in [2.45, 2.75) is 32.2 Å². The predicted octanol–water partition coefficient (Wildman–Crippen LogP) is 1.84. The molecule has 8 heteroatoms. The first-order valence-corrected chi connectivity index (χ1v) is 12.2. The lowest BCUT2D eigenvalue weighted by Gasteiger charge is -2.35. The molecular weight excluding hydrogens is 388 g/mol. The summed E-state index contributed by atoms with van der Waals surface area (Å²) in [7, 11) is -2.79. The van der Waals surface area contributed by atoms with Crippen LogP contribution in [0.3, 0.4) is 0 Å². The number of nitrogens with zero attached hydrogens (tertiary/aromatic N) is 4. The molecule has 4 rings (SSSR count). The van der Waals surface area contributed by atoms with E-state index < -0.39 is 9.84 Å². The lowest BCUT2D eigenvalue weighted by molar-refractivity contribution is 0.146. The maximum absolute atomic E-state index is 12.3. The van der Waals surface area contributed by atoms with Gasteiger partial charge in [0.25, 0.3) is 5.56 Å². The highest BCUT2D eigenvalue weighted by Gasteiger charge is 2.27. The van der Waals surface area contributed by atoms with Crippen molar-refractivity contribution in [2.24, 2.45) is 11.8 Å². The average molecular weight is 417 g/mol. The van der Waals surface area contributed by atoms with Gasteiger partial charge in [0, 0.05) is 37.1 Å². The quantitative estimate of drug-likeness (QED) is 0.739. The van der Waals surface area contributed by atoms with Crippen LogP contribution in [0.2, 0.25) is 0 Å². The molecule has 2 aromatic heterocycles. The normalized spacial score (nSPS) is 21.2. The summed E-state index contributed by atoms with van der Waals surface area (Å²) in [4.78, 5) is 18.8. The third-order valence-corrected chi connectivity index (χ3v) is 7.89. The largest absolute Gasteiger partial charge is 0.303 e. The van der Waals surface area contributed by atoms with Crippen molar-refractivity contribution in [3.63, 3.8) is 0 Å². The van der Waals surface area contributed by atoms with E-state index in [1.807, 2.05) is 12.1 Å². The minimum Gasteiger partial charge on any atom is -0.303 e. The number of sulfone groups is 1. The number of rotatable bonds is 5. The molecule has 0 spiro atoms. The molecular formula is C21H28N4O3S. The topological polar surface area (TPSA) is 85.2 Å². The predicted molar refractivity (Wildman–Crippen MR) is 112 cm³/mol. The van der Waals surface area contributed by atoms with Crippen molar-refractivity contribution < 1.29 is 8.42 Å². The second-order valence-corrected chi connectivity index (χ2v) is 10.6. The zero-order valence-electron chi connectivity index (χ0n) is 16.6. The third kappa shape index (κ3) is 5.30. The highest BCUT2D eigenvalue weighted by molar-refractivity contribution is 7.91. The highest BCUT2D eigenvalue weighted by Crippen LogP contribution is 2.24. The molecule has 0 amide bonds. The Labute approximate surface area is 171 Å². The van der Waals surface area contributed by atoms with Gasteiger partial charge >= 0.3 is 0 Å². The fraction of sp³-hybridized carbons (Fsp3) is 0.571. The molecule has 0 saturated carbocycles. The summed E-state index contributed by atoms with van der Waals surface area (Å²) in [5.41, 5.74) is 1.68. The van der Waals surface area contributed by atoms with E-state index in [1.54, 1.807) is 29.2 Å². The molecule has 2 fully saturated rings. The Kier molecular flexibility index (Phi) is 6.10. The first kappa shape index (κ1) is 20.2. The lowest BCUT2D eigenvalue weighted by Crippen LogP contribution is -2.40. The zero-order valence-corrected chi connectivity index (χ0v) is 17.4. The molecule has 0 radical (unpaired) electrons. The number of likely N-dealkylation sites (tertiary alicyclic amines) is 1. The van der Waals surface area contributed by atoms with Gasteiger partial charge in [0.05, 0.1) is 17.2 Å². The van der Waals surface area contributed by atoms with Gasteiger partial charge in [0.2, 0.25) is 0 Å². The van der Waals surface area contributed by atoms with Gasteiger partial charge in [-0.25, -0.2) is 13.1 Å². The first-order chi connectivity index (χ1) is 14.0. The Balaban J connectivity index is 1.31. The van der Waals surface area contributed by atoms with Gasteiger partial charge in [-0.15, -0.1) is 0 Å². The maximum Gasteiger partial charge on any atom is 0.266 e. The molecule has 0 atom stereocenters. The average Bonchev–Trinajstić information content (AvgIpc) is 2.73. The van der Waals surface area contributed by atoms with Gasteiger partial charge in [-0.1, -0.05) is 0 Å². The highest BCUT2D eigenvalue weighted by atomic mass is 32.2. The standard InChI is InChI=1S/C21H28N4O3S/c26-21-2-1-20(19-3-9-22-10-4-19)23-25(21)16-17-5-11-24(12-6-17)15-18-7-13-29(27,28)14-8-18/h1-4,9-10,17-18H,5-8,11-16H2. The van der Waals surface area contributed by atoms with Gasteiger partial charge in [-0.2, -0.15) is 5.10 Å². The molecule has 2 aliphatic heterocycles. The molecule has 2 aliphatic rings. The van der Waals surface area contributed by atoms with Gasteiger partial charge in [0.1, 0.15) is 9.84 Å². The molecule has 0 aliphatic carbocycles. The van der Waals surface area contributed by atoms with Crippen molar-refractivity contribution >= 4 is 9.84 Å². The fourth-order valence-electron chi connectivity index (χ4n) is 4.34. The van der Waals surface area contributed by atoms with Crippen molar-refractivity contribution in [1.29, 1.82) is 0 Å². The van der Waals surface area contributed by atoms with Gasteiger partial charge in [-0.3, -0.25) is 9.78 Å². The van der Waals surface area contributed by atoms with Crippen LogP contribution in [0.1, 0.15) is 25.7 Å². The van der Waals surface area contributed by atoms with E-state index in [9.17, 15) is 13.2 Å². The fourth-order valence-corrected chi connectivity index (χ4v) is 5.93. The molecule has 0 unspecified atom stereocenters. The molecule has 156 valence electrons. The summed E-state index contributed by atoms with van der Waals surface area (Å²) in [5, 5.41) is 4.57. The number of hydrogen-bond donors (Lipinski definition) is 0. The van der Waals surface area contributed by atoms with E-state index in [0.717, 1.165) is 56.6 Å². The minimum absolute atomic E-state index is 0.0614. The Hall–Kier alpha value is -2.06. The van der Waals surface area contributed by atoms with Crippen molar-refractivity contribution in [3.8, 4) is 11.3 Å². The van der Waals surface area contributed by atoms with Crippen molar-refractivity contribution in [1.82, 2.24) is 19.7 Å². The molecule has 29 heavy (non-hydrogen) atoms. The second kappa shape index (κ2) is 8.75. The summed E-state index contributed by atoms with van der Waals surface area (Å²) < 4.78 is 24.8. The summed E-state index contributed by atoms with van der Waals surface area (Å²) in [6, 6.07) is 7.15. The van der Waals surface area contributed by atoms with Gasteiger partial charge < -0.3 is 4.90 Å². The van der Waals surface area contributed by atoms with E-state index in [0.29, 0.717) is 29.9 Å². The van der Waals surface area contributed by atoms with E-state index in [1.165, 1.54) is 0 Å². The molecule has 2 aromatic rings. The SMILES string of the molecule is O=c1ccc(-c2ccncc2)nn1CC1CCN(CC2CCS(=O)(=O)CC2)CC1. The Morgan fingerprint density at radius 2 is 1.55 bits per heavy atom. The minimum atomic E-state index is -2.79. The van der Waals surface area contributed by atoms with Crippen LogP contribution in [0.5, 0.6) is 0 Å². The van der Waals surface area contributed by atoms with Crippen LogP contribution in [0, 0.1) is 11.8 Å². The monoisotopic (exact) mass is 416 g/mol. The van der Waals surface area contributed by atoms with E-state index in [-0.39, 0.29) is 5.56 Å². The van der Waals surface area contributed by atoms with Crippen LogP contribution in [0.15, 0.2) is 41.5 Å². The second-order valence-electron chi connectivity index (χ2n) is 8.31. The lowest BCUT2D eigenvalue weighted by atomic mass is 9.94. The summed E-state index contributed by atoms with van der Waals surface area (Å²) >= 11 is 0. The maximum atomic E-state index is 12.3. The summed E-state index contributed by atoms with van der Waals surface area (Å²) in [6.45, 7) is 3.66. The number of piperidine rings is 1. The first-order valence-electron chi connectivity index (χ1n) is 10.4. The van der Waals surface area contributed by atoms with Crippen LogP contribution in [0.25, 0.3) is 11.3 Å². The van der Waals surface area contributed by atoms with Gasteiger partial charge in [0.15, 0.2) is 0 Å². The van der Waals surface area contributed by atoms with Crippen LogP contribution in [0.4, 0.5) is 0 Å². The van der Waals surface area contributed by atoms with E-state index >= 15 is 0 Å². The molecule has 2 saturated heterocycles. The third-order valence-electron chi connectivity index (χ3n) is 6.17. The molecule has 4 heterocycles. The van der Waals surface area contributed by atoms with E-state index in [2.05, 4.69) is 15.0 Å². The number of aromatic nitrogens is 3. The summed E-state index contributed by atoms with van der Waals surface area (Å²) in [5.74, 6) is 1.62. The van der Waals surface area contributed by atoms with E-state index in [4.69, 9.17) is 0 Å². The van der Waals surface area contributed by atoms with Gasteiger partial charge in [-0.05, 0) is 68.8 Å². The summed E-state index contributed by atoms with van der Waals surface area (Å²) in [6.07, 6.45) is 7.12. The zero-order chi connectivity index (χ0) is 20.3. The van der Waals surface area contributed by atoms with Crippen molar-refractivity contribution in [2.75, 3.05) is 31.1 Å². The molecule has 0 N–H and O–H groups in total. The number of hydrogen-bond acceptors (Lipinski definition) is 6. The van der Waals surface area contributed by atoms with Crippen LogP contribution >= 0.6 is 0 Å². The van der Waals surface area contributed by atoms with Crippen LogP contribution in [-0.2, 0) is 16.4 Å². The van der Waals surface area contributed by atoms with Crippen molar-refractivity contribution in [3.05, 3.63) is 47.0 Å².